The van der Waals surface area contributed by atoms with Gasteiger partial charge in [-0.3, -0.25) is 0 Å². The van der Waals surface area contributed by atoms with Gasteiger partial charge < -0.3 is 30.2 Å². The Morgan fingerprint density at radius 2 is 2.10 bits per heavy atom. The molecule has 1 amide bonds. The van der Waals surface area contributed by atoms with Crippen LogP contribution in [0, 0.1) is 0 Å². The number of aromatic amines is 1. The predicted molar refractivity (Wildman–Crippen MR) is 114 cm³/mol. The van der Waals surface area contributed by atoms with Gasteiger partial charge in [0.05, 0.1) is 0 Å². The van der Waals surface area contributed by atoms with E-state index in [1.807, 2.05) is 20.8 Å². The molecule has 0 aliphatic rings. The van der Waals surface area contributed by atoms with E-state index in [0.717, 1.165) is 5.56 Å². The lowest BCUT2D eigenvalue weighted by atomic mass is 10.1. The molecular formula is C20H26N6O5. The van der Waals surface area contributed by atoms with Crippen LogP contribution >= 0.6 is 0 Å². The van der Waals surface area contributed by atoms with Crippen molar-refractivity contribution < 1.29 is 19.0 Å². The molecule has 4 N–H and O–H groups in total. The van der Waals surface area contributed by atoms with E-state index < -0.39 is 23.5 Å². The number of nitrogen functional groups attached to an aromatic ring is 1. The molecule has 3 aromatic rings. The number of benzene rings is 1. The van der Waals surface area contributed by atoms with E-state index in [1.54, 1.807) is 24.3 Å². The van der Waals surface area contributed by atoms with E-state index in [1.165, 1.54) is 18.0 Å². The number of alkyl carbamates (subject to hydrolysis) is 1. The van der Waals surface area contributed by atoms with E-state index in [2.05, 4.69) is 20.3 Å². The highest BCUT2D eigenvalue weighted by atomic mass is 16.6. The first-order chi connectivity index (χ1) is 14.7. The first-order valence-corrected chi connectivity index (χ1v) is 9.58. The third kappa shape index (κ3) is 5.51. The molecule has 2 aromatic heterocycles. The van der Waals surface area contributed by atoms with Crippen molar-refractivity contribution in [3.8, 4) is 5.75 Å². The molecule has 3 rings (SSSR count). The van der Waals surface area contributed by atoms with Crippen molar-refractivity contribution in [3.05, 3.63) is 46.6 Å². The molecule has 1 unspecified atom stereocenters. The average molecular weight is 430 g/mol. The van der Waals surface area contributed by atoms with Crippen molar-refractivity contribution in [2.24, 2.45) is 0 Å². The number of H-pyrrole nitrogens is 1. The maximum atomic E-state index is 12.5. The molecule has 31 heavy (non-hydrogen) atoms. The number of anilines is 1. The Morgan fingerprint density at radius 1 is 1.32 bits per heavy atom. The summed E-state index contributed by atoms with van der Waals surface area (Å²) in [6.07, 6.45) is -0.0640. The average Bonchev–Trinajstić information content (AvgIpc) is 3.02. The van der Waals surface area contributed by atoms with Crippen molar-refractivity contribution in [2.75, 3.05) is 19.5 Å². The number of carbonyl (C=O) groups excluding carboxylic acids is 1. The van der Waals surface area contributed by atoms with Gasteiger partial charge in [-0.1, -0.05) is 12.1 Å². The number of rotatable bonds is 7. The number of nitrogens with one attached hydrogen (secondary N) is 2. The Labute approximate surface area is 178 Å². The fourth-order valence-electron chi connectivity index (χ4n) is 2.88. The third-order valence-electron chi connectivity index (χ3n) is 4.15. The summed E-state index contributed by atoms with van der Waals surface area (Å²) >= 11 is 0. The van der Waals surface area contributed by atoms with Crippen LogP contribution in [0.4, 0.5) is 10.6 Å². The van der Waals surface area contributed by atoms with E-state index in [0.29, 0.717) is 16.9 Å². The minimum atomic E-state index is -0.819. The summed E-state index contributed by atoms with van der Waals surface area (Å²) in [5.41, 5.74) is 6.32. The largest absolute Gasteiger partial charge is 0.467 e. The van der Waals surface area contributed by atoms with Crippen LogP contribution in [0.15, 0.2) is 35.4 Å². The Morgan fingerprint density at radius 3 is 2.81 bits per heavy atom. The van der Waals surface area contributed by atoms with Gasteiger partial charge in [-0.05, 0) is 38.5 Å². The zero-order chi connectivity index (χ0) is 22.6. The molecule has 1 aromatic carbocycles. The number of amides is 1. The van der Waals surface area contributed by atoms with Crippen molar-refractivity contribution in [3.63, 3.8) is 0 Å². The smallest absolute Gasteiger partial charge is 0.407 e. The van der Waals surface area contributed by atoms with Crippen LogP contribution in [-0.4, -0.2) is 44.9 Å². The number of ether oxygens (including phenoxy) is 3. The van der Waals surface area contributed by atoms with Crippen LogP contribution in [0.3, 0.4) is 0 Å². The molecule has 0 bridgehead atoms. The van der Waals surface area contributed by atoms with E-state index in [-0.39, 0.29) is 19.0 Å². The number of fused-ring (bicyclic) bond motifs is 1. The molecular weight excluding hydrogens is 404 g/mol. The highest BCUT2D eigenvalue weighted by Crippen LogP contribution is 2.22. The van der Waals surface area contributed by atoms with Crippen molar-refractivity contribution >= 4 is 23.1 Å². The van der Waals surface area contributed by atoms with Crippen LogP contribution in [0.5, 0.6) is 5.75 Å². The molecule has 0 fully saturated rings. The van der Waals surface area contributed by atoms with Gasteiger partial charge in [0.1, 0.15) is 30.8 Å². The standard InChI is InChI=1S/C20H26N6O5/c1-20(2,3)25-19(28)30-9-12-6-5-7-13(8-12)31-14(10-29-4)26-17-15(24-18(26)27)16(21)22-11-23-17/h5-8,11,14H,9-10H2,1-4H3,(H,24,27)(H,25,28)(H2,21,22,23). The number of nitrogens with two attached hydrogens (primary N) is 1. The SMILES string of the molecule is COCC(Oc1cccc(COC(=O)NC(C)(C)C)c1)n1c(=O)[nH]c2c(N)ncnc21. The lowest BCUT2D eigenvalue weighted by Crippen LogP contribution is -2.40. The van der Waals surface area contributed by atoms with Gasteiger partial charge >= 0.3 is 11.8 Å². The molecule has 1 atom stereocenters. The van der Waals surface area contributed by atoms with Crippen LogP contribution in [-0.2, 0) is 16.1 Å². The molecule has 11 nitrogen and oxygen atoms in total. The molecule has 0 saturated carbocycles. The summed E-state index contributed by atoms with van der Waals surface area (Å²) < 4.78 is 17.8. The van der Waals surface area contributed by atoms with Gasteiger partial charge in [0.2, 0.25) is 6.23 Å². The molecule has 0 aliphatic heterocycles. The fraction of sp³-hybridized carbons (Fsp3) is 0.400. The summed E-state index contributed by atoms with van der Waals surface area (Å²) in [6.45, 7) is 5.73. The zero-order valence-electron chi connectivity index (χ0n) is 17.8. The maximum absolute atomic E-state index is 12.5. The highest BCUT2D eigenvalue weighted by molar-refractivity contribution is 5.81. The summed E-state index contributed by atoms with van der Waals surface area (Å²) in [7, 11) is 1.50. The molecule has 0 aliphatic carbocycles. The van der Waals surface area contributed by atoms with Crippen LogP contribution in [0.2, 0.25) is 0 Å². The number of aromatic nitrogens is 4. The maximum Gasteiger partial charge on any atom is 0.407 e. The van der Waals surface area contributed by atoms with Crippen molar-refractivity contribution in [2.45, 2.75) is 39.1 Å². The van der Waals surface area contributed by atoms with Gasteiger partial charge in [0.25, 0.3) is 0 Å². The van der Waals surface area contributed by atoms with Gasteiger partial charge in [-0.25, -0.2) is 24.1 Å². The molecule has 2 heterocycles. The van der Waals surface area contributed by atoms with Gasteiger partial charge in [-0.15, -0.1) is 0 Å². The number of imidazole rings is 1. The normalized spacial score (nSPS) is 12.5. The number of hydrogen-bond acceptors (Lipinski definition) is 8. The fourth-order valence-corrected chi connectivity index (χ4v) is 2.88. The van der Waals surface area contributed by atoms with Crippen molar-refractivity contribution in [1.29, 1.82) is 0 Å². The van der Waals surface area contributed by atoms with E-state index >= 15 is 0 Å². The molecule has 0 spiro atoms. The Kier molecular flexibility index (Phi) is 6.44. The highest BCUT2D eigenvalue weighted by Gasteiger charge is 2.21. The van der Waals surface area contributed by atoms with Crippen molar-refractivity contribution in [1.82, 2.24) is 24.8 Å². The number of hydrogen-bond donors (Lipinski definition) is 3. The van der Waals surface area contributed by atoms with Crippen LogP contribution in [0.25, 0.3) is 11.2 Å². The van der Waals surface area contributed by atoms with Gasteiger partial charge in [0, 0.05) is 12.6 Å². The lowest BCUT2D eigenvalue weighted by Gasteiger charge is -2.21. The van der Waals surface area contributed by atoms with Crippen LogP contribution < -0.4 is 21.5 Å². The minimum absolute atomic E-state index is 0.0604. The van der Waals surface area contributed by atoms with Gasteiger partial charge in [0.15, 0.2) is 11.5 Å². The third-order valence-corrected chi connectivity index (χ3v) is 4.15. The summed E-state index contributed by atoms with van der Waals surface area (Å²) in [5, 5.41) is 2.73. The van der Waals surface area contributed by atoms with E-state index in [9.17, 15) is 9.59 Å². The Balaban J connectivity index is 1.80. The minimum Gasteiger partial charge on any atom is -0.467 e. The quantitative estimate of drug-likeness (QED) is 0.515. The zero-order valence-corrected chi connectivity index (χ0v) is 17.8. The Hall–Kier alpha value is -3.60. The second kappa shape index (κ2) is 9.04. The first-order valence-electron chi connectivity index (χ1n) is 9.58. The number of methoxy groups -OCH3 is 1. The summed E-state index contributed by atoms with van der Waals surface area (Å²) in [5.74, 6) is 0.618. The predicted octanol–water partition coefficient (Wildman–Crippen LogP) is 1.95. The lowest BCUT2D eigenvalue weighted by molar-refractivity contribution is 0.0358. The van der Waals surface area contributed by atoms with E-state index in [4.69, 9.17) is 19.9 Å². The van der Waals surface area contributed by atoms with Gasteiger partial charge in [-0.2, -0.15) is 0 Å². The Bertz CT molecular complexity index is 1120. The topological polar surface area (TPSA) is 146 Å². The molecule has 11 heteroatoms. The number of carbonyl (C=O) groups is 1. The first kappa shape index (κ1) is 22.1. The van der Waals surface area contributed by atoms with Crippen LogP contribution in [0.1, 0.15) is 32.6 Å². The summed E-state index contributed by atoms with van der Waals surface area (Å²) in [6, 6.07) is 7.01. The summed E-state index contributed by atoms with van der Waals surface area (Å²) in [4.78, 5) is 35.1. The second-order valence-corrected chi connectivity index (χ2v) is 7.88. The molecule has 0 saturated heterocycles. The second-order valence-electron chi connectivity index (χ2n) is 7.88. The monoisotopic (exact) mass is 430 g/mol. The molecule has 166 valence electrons. The number of nitrogens with zero attached hydrogens (tertiary/aromatic N) is 3. The molecule has 0 radical (unpaired) electrons.